The first-order valence-electron chi connectivity index (χ1n) is 6.86. The molecule has 1 aromatic carbocycles. The van der Waals surface area contributed by atoms with Crippen LogP contribution in [0.25, 0.3) is 0 Å². The first kappa shape index (κ1) is 15.2. The molecule has 1 aliphatic carbocycles. The lowest BCUT2D eigenvalue weighted by molar-refractivity contribution is -0.384. The summed E-state index contributed by atoms with van der Waals surface area (Å²) < 4.78 is 5.23. The van der Waals surface area contributed by atoms with Crippen LogP contribution in [-0.4, -0.2) is 35.2 Å². The second-order valence-corrected chi connectivity index (χ2v) is 5.18. The van der Waals surface area contributed by atoms with Gasteiger partial charge in [-0.15, -0.1) is 0 Å². The van der Waals surface area contributed by atoms with Crippen LogP contribution in [0, 0.1) is 16.0 Å². The summed E-state index contributed by atoms with van der Waals surface area (Å²) in [5, 5.41) is 22.8. The number of hydrogen-bond donors (Lipinski definition) is 2. The third kappa shape index (κ3) is 4.71. The Kier molecular flexibility index (Phi) is 5.10. The Hall–Kier alpha value is -2.15. The van der Waals surface area contributed by atoms with Crippen molar-refractivity contribution in [3.8, 4) is 5.75 Å². The van der Waals surface area contributed by atoms with Crippen molar-refractivity contribution in [2.24, 2.45) is 5.92 Å². The molecule has 2 rings (SSSR count). The molecule has 1 saturated carbocycles. The van der Waals surface area contributed by atoms with Crippen molar-refractivity contribution in [3.63, 3.8) is 0 Å². The molecular weight excluding hydrogens is 276 g/mol. The number of nitro groups is 1. The number of non-ortho nitro benzene ring substituents is 1. The zero-order valence-electron chi connectivity index (χ0n) is 11.5. The maximum Gasteiger partial charge on any atom is 0.273 e. The van der Waals surface area contributed by atoms with Gasteiger partial charge in [-0.05, 0) is 31.2 Å². The van der Waals surface area contributed by atoms with Crippen LogP contribution in [-0.2, 0) is 4.79 Å². The number of amides is 1. The van der Waals surface area contributed by atoms with E-state index in [2.05, 4.69) is 5.32 Å². The van der Waals surface area contributed by atoms with Crippen LogP contribution >= 0.6 is 0 Å². The molecule has 1 aromatic rings. The molecule has 0 aliphatic heterocycles. The van der Waals surface area contributed by atoms with E-state index in [-0.39, 0.29) is 30.1 Å². The maximum atomic E-state index is 11.6. The van der Waals surface area contributed by atoms with Crippen LogP contribution < -0.4 is 10.1 Å². The Morgan fingerprint density at radius 2 is 2.29 bits per heavy atom. The van der Waals surface area contributed by atoms with Gasteiger partial charge < -0.3 is 15.2 Å². The average molecular weight is 294 g/mol. The molecule has 114 valence electrons. The fourth-order valence-electron chi connectivity index (χ4n) is 2.38. The number of hydrogen-bond acceptors (Lipinski definition) is 5. The highest BCUT2D eigenvalue weighted by Gasteiger charge is 2.22. The number of rotatable bonds is 6. The van der Waals surface area contributed by atoms with E-state index in [1.807, 2.05) is 0 Å². The molecule has 0 aromatic heterocycles. The largest absolute Gasteiger partial charge is 0.484 e. The van der Waals surface area contributed by atoms with Gasteiger partial charge >= 0.3 is 0 Å². The fraction of sp³-hybridized carbons (Fsp3) is 0.500. The molecule has 7 nitrogen and oxygen atoms in total. The number of carbonyl (C=O) groups is 1. The lowest BCUT2D eigenvalue weighted by Gasteiger charge is -2.11. The summed E-state index contributed by atoms with van der Waals surface area (Å²) in [5.41, 5.74) is -0.0761. The zero-order valence-corrected chi connectivity index (χ0v) is 11.5. The van der Waals surface area contributed by atoms with Crippen LogP contribution in [0.2, 0.25) is 0 Å². The number of carbonyl (C=O) groups excluding carboxylic acids is 1. The van der Waals surface area contributed by atoms with Crippen molar-refractivity contribution < 1.29 is 19.6 Å². The molecule has 1 amide bonds. The molecule has 1 aliphatic rings. The molecule has 0 bridgehead atoms. The summed E-state index contributed by atoms with van der Waals surface area (Å²) in [4.78, 5) is 21.7. The monoisotopic (exact) mass is 294 g/mol. The predicted molar refractivity (Wildman–Crippen MR) is 74.9 cm³/mol. The lowest BCUT2D eigenvalue weighted by Crippen LogP contribution is -2.32. The lowest BCUT2D eigenvalue weighted by atomic mass is 10.1. The van der Waals surface area contributed by atoms with Crippen LogP contribution in [0.5, 0.6) is 5.75 Å². The minimum atomic E-state index is -0.516. The Labute approximate surface area is 122 Å². The van der Waals surface area contributed by atoms with Gasteiger partial charge in [0.15, 0.2) is 6.61 Å². The molecule has 0 heterocycles. The molecule has 2 N–H and O–H groups in total. The van der Waals surface area contributed by atoms with Gasteiger partial charge in [-0.1, -0.05) is 6.07 Å². The topological polar surface area (TPSA) is 102 Å². The van der Waals surface area contributed by atoms with Crippen molar-refractivity contribution in [1.29, 1.82) is 0 Å². The molecule has 2 unspecified atom stereocenters. The number of nitro benzene ring substituents is 1. The predicted octanol–water partition coefficient (Wildman–Crippen LogP) is 1.25. The molecule has 0 spiro atoms. The number of nitrogens with one attached hydrogen (secondary N) is 1. The summed E-state index contributed by atoms with van der Waals surface area (Å²) >= 11 is 0. The van der Waals surface area contributed by atoms with E-state index < -0.39 is 4.92 Å². The highest BCUT2D eigenvalue weighted by Crippen LogP contribution is 2.24. The van der Waals surface area contributed by atoms with Crippen molar-refractivity contribution in [2.45, 2.75) is 25.4 Å². The third-order valence-electron chi connectivity index (χ3n) is 3.50. The summed E-state index contributed by atoms with van der Waals surface area (Å²) in [7, 11) is 0. The Morgan fingerprint density at radius 1 is 1.48 bits per heavy atom. The van der Waals surface area contributed by atoms with E-state index >= 15 is 0 Å². The highest BCUT2D eigenvalue weighted by atomic mass is 16.6. The van der Waals surface area contributed by atoms with Gasteiger partial charge in [0.2, 0.25) is 0 Å². The first-order chi connectivity index (χ1) is 10.0. The standard InChI is InChI=1S/C14H18N2O5/c17-12-5-4-10(6-12)8-15-14(18)9-21-13-3-1-2-11(7-13)16(19)20/h1-3,7,10,12,17H,4-6,8-9H2,(H,15,18). The molecule has 0 radical (unpaired) electrons. The SMILES string of the molecule is O=C(COc1cccc([N+](=O)[O-])c1)NCC1CCC(O)C1. The van der Waals surface area contributed by atoms with Crippen molar-refractivity contribution in [2.75, 3.05) is 13.2 Å². The van der Waals surface area contributed by atoms with Gasteiger partial charge in [-0.3, -0.25) is 14.9 Å². The number of nitrogens with zero attached hydrogens (tertiary/aromatic N) is 1. The van der Waals surface area contributed by atoms with Gasteiger partial charge in [0.05, 0.1) is 17.1 Å². The number of benzene rings is 1. The van der Waals surface area contributed by atoms with E-state index in [9.17, 15) is 20.0 Å². The van der Waals surface area contributed by atoms with E-state index in [4.69, 9.17) is 4.74 Å². The first-order valence-corrected chi connectivity index (χ1v) is 6.86. The van der Waals surface area contributed by atoms with Crippen LogP contribution in [0.1, 0.15) is 19.3 Å². The average Bonchev–Trinajstić information content (AvgIpc) is 2.89. The normalized spacial score (nSPS) is 21.0. The number of ether oxygens (including phenoxy) is 1. The Bertz CT molecular complexity index is 520. The fourth-order valence-corrected chi connectivity index (χ4v) is 2.38. The van der Waals surface area contributed by atoms with Crippen LogP contribution in [0.3, 0.4) is 0 Å². The highest BCUT2D eigenvalue weighted by molar-refractivity contribution is 5.77. The van der Waals surface area contributed by atoms with Gasteiger partial charge in [0.25, 0.3) is 11.6 Å². The quantitative estimate of drug-likeness (QED) is 0.607. The number of aliphatic hydroxyl groups is 1. The summed E-state index contributed by atoms with van der Waals surface area (Å²) in [6, 6.07) is 5.71. The zero-order chi connectivity index (χ0) is 15.2. The van der Waals surface area contributed by atoms with Crippen molar-refractivity contribution in [3.05, 3.63) is 34.4 Å². The molecular formula is C14H18N2O5. The maximum absolute atomic E-state index is 11.6. The van der Waals surface area contributed by atoms with Crippen LogP contribution in [0.15, 0.2) is 24.3 Å². The smallest absolute Gasteiger partial charge is 0.273 e. The molecule has 2 atom stereocenters. The van der Waals surface area contributed by atoms with E-state index in [0.717, 1.165) is 12.8 Å². The third-order valence-corrected chi connectivity index (χ3v) is 3.50. The van der Waals surface area contributed by atoms with Gasteiger partial charge in [0.1, 0.15) is 5.75 Å². The van der Waals surface area contributed by atoms with Crippen molar-refractivity contribution >= 4 is 11.6 Å². The van der Waals surface area contributed by atoms with E-state index in [1.165, 1.54) is 18.2 Å². The summed E-state index contributed by atoms with van der Waals surface area (Å²) in [6.45, 7) is 0.338. The molecule has 21 heavy (non-hydrogen) atoms. The minimum Gasteiger partial charge on any atom is -0.484 e. The van der Waals surface area contributed by atoms with Gasteiger partial charge in [0, 0.05) is 12.6 Å². The summed E-state index contributed by atoms with van der Waals surface area (Å²) in [6.07, 6.45) is 2.15. The van der Waals surface area contributed by atoms with E-state index in [0.29, 0.717) is 18.9 Å². The minimum absolute atomic E-state index is 0.0761. The van der Waals surface area contributed by atoms with E-state index in [1.54, 1.807) is 6.07 Å². The second kappa shape index (κ2) is 7.03. The Morgan fingerprint density at radius 3 is 2.95 bits per heavy atom. The van der Waals surface area contributed by atoms with Gasteiger partial charge in [-0.2, -0.15) is 0 Å². The Balaban J connectivity index is 1.73. The second-order valence-electron chi connectivity index (χ2n) is 5.18. The van der Waals surface area contributed by atoms with Crippen molar-refractivity contribution in [1.82, 2.24) is 5.32 Å². The summed E-state index contributed by atoms with van der Waals surface area (Å²) in [5.74, 6) is 0.320. The molecule has 7 heteroatoms. The van der Waals surface area contributed by atoms with Gasteiger partial charge in [-0.25, -0.2) is 0 Å². The molecule has 0 saturated heterocycles. The molecule has 1 fully saturated rings. The number of aliphatic hydroxyl groups excluding tert-OH is 1. The van der Waals surface area contributed by atoms with Crippen LogP contribution in [0.4, 0.5) is 5.69 Å².